The molecule has 2 aromatic rings. The van der Waals surface area contributed by atoms with Crippen LogP contribution in [0.2, 0.25) is 0 Å². The zero-order valence-electron chi connectivity index (χ0n) is 13.6. The molecule has 0 aliphatic rings. The fourth-order valence-electron chi connectivity index (χ4n) is 2.08. The van der Waals surface area contributed by atoms with Crippen LogP contribution in [0.4, 0.5) is 10.1 Å². The van der Waals surface area contributed by atoms with E-state index in [4.69, 9.17) is 5.11 Å². The van der Waals surface area contributed by atoms with Gasteiger partial charge >= 0.3 is 0 Å². The van der Waals surface area contributed by atoms with Gasteiger partial charge in [0.2, 0.25) is 5.91 Å². The Labute approximate surface area is 145 Å². The maximum Gasteiger partial charge on any atom is 0.261 e. The van der Waals surface area contributed by atoms with Crippen molar-refractivity contribution in [2.45, 2.75) is 24.3 Å². The molecule has 0 spiro atoms. The standard InChI is InChI=1S/C17H19FN2O4S/c1-12(11-21)19-17(22)10-13-2-6-15(7-3-13)20-25(23,24)16-8-4-14(18)5-9-16/h2-9,12,20-21H,10-11H2,1H3,(H,19,22). The average molecular weight is 366 g/mol. The van der Waals surface area contributed by atoms with Gasteiger partial charge in [-0.15, -0.1) is 0 Å². The van der Waals surface area contributed by atoms with Gasteiger partial charge in [0.05, 0.1) is 17.9 Å². The number of nitrogens with one attached hydrogen (secondary N) is 2. The number of hydrogen-bond donors (Lipinski definition) is 3. The molecule has 0 aliphatic carbocycles. The van der Waals surface area contributed by atoms with Crippen molar-refractivity contribution in [3.05, 3.63) is 59.9 Å². The minimum Gasteiger partial charge on any atom is -0.394 e. The van der Waals surface area contributed by atoms with Crippen molar-refractivity contribution < 1.29 is 22.7 Å². The first-order valence-corrected chi connectivity index (χ1v) is 9.06. The van der Waals surface area contributed by atoms with E-state index in [1.165, 1.54) is 12.1 Å². The zero-order valence-corrected chi connectivity index (χ0v) is 14.4. The van der Waals surface area contributed by atoms with Crippen molar-refractivity contribution in [2.75, 3.05) is 11.3 Å². The Morgan fingerprint density at radius 1 is 1.12 bits per heavy atom. The van der Waals surface area contributed by atoms with Crippen molar-refractivity contribution in [2.24, 2.45) is 0 Å². The monoisotopic (exact) mass is 366 g/mol. The Bertz CT molecular complexity index is 821. The lowest BCUT2D eigenvalue weighted by molar-refractivity contribution is -0.121. The van der Waals surface area contributed by atoms with E-state index in [1.54, 1.807) is 31.2 Å². The van der Waals surface area contributed by atoms with Crippen LogP contribution in [0, 0.1) is 5.82 Å². The highest BCUT2D eigenvalue weighted by atomic mass is 32.2. The van der Waals surface area contributed by atoms with Gasteiger partial charge < -0.3 is 10.4 Å². The molecule has 0 saturated heterocycles. The smallest absolute Gasteiger partial charge is 0.261 e. The zero-order chi connectivity index (χ0) is 18.4. The summed E-state index contributed by atoms with van der Waals surface area (Å²) in [6.07, 6.45) is 0.120. The molecule has 0 aromatic heterocycles. The van der Waals surface area contributed by atoms with E-state index in [0.29, 0.717) is 11.3 Å². The number of carbonyl (C=O) groups excluding carboxylic acids is 1. The van der Waals surface area contributed by atoms with E-state index in [-0.39, 0.29) is 29.9 Å². The maximum atomic E-state index is 12.9. The van der Waals surface area contributed by atoms with Gasteiger partial charge in [-0.1, -0.05) is 12.1 Å². The lowest BCUT2D eigenvalue weighted by atomic mass is 10.1. The molecule has 134 valence electrons. The van der Waals surface area contributed by atoms with Crippen LogP contribution in [-0.2, 0) is 21.2 Å². The van der Waals surface area contributed by atoms with Gasteiger partial charge in [-0.3, -0.25) is 9.52 Å². The average Bonchev–Trinajstić information content (AvgIpc) is 2.56. The second-order valence-electron chi connectivity index (χ2n) is 5.58. The predicted octanol–water partition coefficient (Wildman–Crippen LogP) is 1.67. The molecule has 1 unspecified atom stereocenters. The van der Waals surface area contributed by atoms with Crippen LogP contribution < -0.4 is 10.0 Å². The summed E-state index contributed by atoms with van der Waals surface area (Å²) in [5, 5.41) is 11.5. The highest BCUT2D eigenvalue weighted by Gasteiger charge is 2.14. The molecule has 1 amide bonds. The van der Waals surface area contributed by atoms with Gasteiger partial charge in [-0.25, -0.2) is 12.8 Å². The maximum absolute atomic E-state index is 12.9. The van der Waals surface area contributed by atoms with E-state index >= 15 is 0 Å². The van der Waals surface area contributed by atoms with Crippen LogP contribution in [0.25, 0.3) is 0 Å². The summed E-state index contributed by atoms with van der Waals surface area (Å²) < 4.78 is 39.7. The summed E-state index contributed by atoms with van der Waals surface area (Å²) in [4.78, 5) is 11.7. The van der Waals surface area contributed by atoms with E-state index in [9.17, 15) is 17.6 Å². The van der Waals surface area contributed by atoms with Gasteiger partial charge in [-0.05, 0) is 48.9 Å². The summed E-state index contributed by atoms with van der Waals surface area (Å²) in [7, 11) is -3.81. The molecule has 0 radical (unpaired) electrons. The number of rotatable bonds is 7. The number of amides is 1. The molecular weight excluding hydrogens is 347 g/mol. The first-order valence-electron chi connectivity index (χ1n) is 7.58. The Morgan fingerprint density at radius 3 is 2.28 bits per heavy atom. The van der Waals surface area contributed by atoms with Crippen molar-refractivity contribution in [3.63, 3.8) is 0 Å². The molecular formula is C17H19FN2O4S. The topological polar surface area (TPSA) is 95.5 Å². The molecule has 0 bridgehead atoms. The van der Waals surface area contributed by atoms with Gasteiger partial charge in [0, 0.05) is 11.7 Å². The van der Waals surface area contributed by atoms with Gasteiger partial charge in [0.25, 0.3) is 10.0 Å². The first-order chi connectivity index (χ1) is 11.8. The third kappa shape index (κ3) is 5.54. The second-order valence-corrected chi connectivity index (χ2v) is 7.27. The van der Waals surface area contributed by atoms with Gasteiger partial charge in [0.15, 0.2) is 0 Å². The number of hydrogen-bond acceptors (Lipinski definition) is 4. The summed E-state index contributed by atoms with van der Waals surface area (Å²) in [6.45, 7) is 1.54. The highest BCUT2D eigenvalue weighted by molar-refractivity contribution is 7.92. The molecule has 2 aromatic carbocycles. The molecule has 8 heteroatoms. The van der Waals surface area contributed by atoms with Gasteiger partial charge in [-0.2, -0.15) is 0 Å². The Hall–Kier alpha value is -2.45. The van der Waals surface area contributed by atoms with Crippen LogP contribution in [-0.4, -0.2) is 32.1 Å². The van der Waals surface area contributed by atoms with Crippen molar-refractivity contribution >= 4 is 21.6 Å². The number of carbonyl (C=O) groups is 1. The Balaban J connectivity index is 2.02. The number of benzene rings is 2. The third-order valence-electron chi connectivity index (χ3n) is 3.38. The number of aliphatic hydroxyl groups excluding tert-OH is 1. The largest absolute Gasteiger partial charge is 0.394 e. The van der Waals surface area contributed by atoms with E-state index in [2.05, 4.69) is 10.0 Å². The normalized spacial score (nSPS) is 12.4. The van der Waals surface area contributed by atoms with E-state index in [1.807, 2.05) is 0 Å². The van der Waals surface area contributed by atoms with Crippen LogP contribution in [0.5, 0.6) is 0 Å². The molecule has 2 rings (SSSR count). The molecule has 6 nitrogen and oxygen atoms in total. The lowest BCUT2D eigenvalue weighted by Crippen LogP contribution is -2.35. The summed E-state index contributed by atoms with van der Waals surface area (Å²) in [5.74, 6) is -0.752. The summed E-state index contributed by atoms with van der Waals surface area (Å²) in [5.41, 5.74) is 1.03. The summed E-state index contributed by atoms with van der Waals surface area (Å²) >= 11 is 0. The third-order valence-corrected chi connectivity index (χ3v) is 4.77. The fraction of sp³-hybridized carbons (Fsp3) is 0.235. The minimum absolute atomic E-state index is 0.0460. The Kier molecular flexibility index (Phi) is 6.11. The predicted molar refractivity (Wildman–Crippen MR) is 92.0 cm³/mol. The molecule has 1 atom stereocenters. The minimum atomic E-state index is -3.81. The van der Waals surface area contributed by atoms with E-state index < -0.39 is 15.8 Å². The van der Waals surface area contributed by atoms with Crippen LogP contribution in [0.3, 0.4) is 0 Å². The molecule has 0 fully saturated rings. The van der Waals surface area contributed by atoms with Crippen molar-refractivity contribution in [3.8, 4) is 0 Å². The molecule has 0 heterocycles. The second kappa shape index (κ2) is 8.09. The number of sulfonamides is 1. The number of halogens is 1. The highest BCUT2D eigenvalue weighted by Crippen LogP contribution is 2.17. The SMILES string of the molecule is CC(CO)NC(=O)Cc1ccc(NS(=O)(=O)c2ccc(F)cc2)cc1. The van der Waals surface area contributed by atoms with Crippen molar-refractivity contribution in [1.82, 2.24) is 5.32 Å². The molecule has 25 heavy (non-hydrogen) atoms. The fourth-order valence-corrected chi connectivity index (χ4v) is 3.13. The first kappa shape index (κ1) is 18.9. The quantitative estimate of drug-likeness (QED) is 0.695. The van der Waals surface area contributed by atoms with Crippen molar-refractivity contribution in [1.29, 1.82) is 0 Å². The summed E-state index contributed by atoms with van der Waals surface area (Å²) in [6, 6.07) is 10.5. The van der Waals surface area contributed by atoms with Crippen LogP contribution in [0.1, 0.15) is 12.5 Å². The van der Waals surface area contributed by atoms with Crippen LogP contribution in [0.15, 0.2) is 53.4 Å². The number of anilines is 1. The Morgan fingerprint density at radius 2 is 1.72 bits per heavy atom. The van der Waals surface area contributed by atoms with Gasteiger partial charge in [0.1, 0.15) is 5.82 Å². The van der Waals surface area contributed by atoms with Crippen LogP contribution >= 0.6 is 0 Å². The molecule has 0 saturated carbocycles. The molecule has 3 N–H and O–H groups in total. The molecule has 0 aliphatic heterocycles. The number of aliphatic hydroxyl groups is 1. The van der Waals surface area contributed by atoms with E-state index in [0.717, 1.165) is 12.1 Å². The lowest BCUT2D eigenvalue weighted by Gasteiger charge is -2.11.